The lowest BCUT2D eigenvalue weighted by Crippen LogP contribution is -2.40. The zero-order chi connectivity index (χ0) is 23.0. The minimum absolute atomic E-state index is 0.197. The molecule has 1 aliphatic heterocycles. The van der Waals surface area contributed by atoms with Gasteiger partial charge in [0.2, 0.25) is 17.8 Å². The highest BCUT2D eigenvalue weighted by Crippen LogP contribution is 2.25. The van der Waals surface area contributed by atoms with Gasteiger partial charge in [-0.15, -0.1) is 0 Å². The molecule has 2 fully saturated rings. The fourth-order valence-electron chi connectivity index (χ4n) is 4.78. The van der Waals surface area contributed by atoms with Crippen LogP contribution in [0.25, 0.3) is 0 Å². The van der Waals surface area contributed by atoms with E-state index in [0.29, 0.717) is 35.5 Å². The molecule has 0 bridgehead atoms. The molecule has 0 spiro atoms. The molecule has 1 aromatic heterocycles. The molecule has 9 heteroatoms. The zero-order valence-electron chi connectivity index (χ0n) is 19.7. The van der Waals surface area contributed by atoms with E-state index in [4.69, 9.17) is 4.74 Å². The number of hydrogen-bond donors (Lipinski definition) is 4. The zero-order valence-corrected chi connectivity index (χ0v) is 19.7. The van der Waals surface area contributed by atoms with Gasteiger partial charge in [0.25, 0.3) is 0 Å². The van der Waals surface area contributed by atoms with Crippen molar-refractivity contribution in [2.75, 3.05) is 36.1 Å². The number of anilines is 4. The number of nitrogens with one attached hydrogen (secondary N) is 4. The number of ether oxygens (including phenoxy) is 1. The molecule has 2 aromatic rings. The Morgan fingerprint density at radius 2 is 1.85 bits per heavy atom. The molecule has 4 rings (SSSR count). The molecule has 2 heterocycles. The summed E-state index contributed by atoms with van der Waals surface area (Å²) in [4.78, 5) is 13.8. The van der Waals surface area contributed by atoms with Gasteiger partial charge in [0.05, 0.1) is 7.11 Å². The summed E-state index contributed by atoms with van der Waals surface area (Å²) >= 11 is 0. The van der Waals surface area contributed by atoms with Crippen molar-refractivity contribution < 1.29 is 9.13 Å². The topological polar surface area (TPSA) is 96.0 Å². The Morgan fingerprint density at radius 1 is 1.06 bits per heavy atom. The first-order valence-corrected chi connectivity index (χ1v) is 12.2. The molecule has 1 unspecified atom stereocenters. The van der Waals surface area contributed by atoms with Crippen LogP contribution in [0.3, 0.4) is 0 Å². The largest absolute Gasteiger partial charge is 0.494 e. The normalized spacial score (nSPS) is 19.8. The third kappa shape index (κ3) is 6.43. The SMILES string of the molecule is CC[C@@H](Nc1nc(NCC2CCCCC2)nc(Nc2ccc(OC)c(F)c2)n1)C1CCCN1. The van der Waals surface area contributed by atoms with Gasteiger partial charge in [0.1, 0.15) is 0 Å². The first-order chi connectivity index (χ1) is 16.1. The predicted octanol–water partition coefficient (Wildman–Crippen LogP) is 4.70. The van der Waals surface area contributed by atoms with Gasteiger partial charge in [-0.05, 0) is 56.7 Å². The van der Waals surface area contributed by atoms with Crippen molar-refractivity contribution in [1.29, 1.82) is 0 Å². The molecule has 180 valence electrons. The van der Waals surface area contributed by atoms with E-state index in [2.05, 4.69) is 43.1 Å². The maximum atomic E-state index is 14.2. The molecule has 0 radical (unpaired) electrons. The van der Waals surface area contributed by atoms with Crippen LogP contribution in [0.15, 0.2) is 18.2 Å². The van der Waals surface area contributed by atoms with Crippen LogP contribution in [0.4, 0.5) is 27.9 Å². The first kappa shape index (κ1) is 23.5. The van der Waals surface area contributed by atoms with Crippen LogP contribution in [0.1, 0.15) is 58.3 Å². The van der Waals surface area contributed by atoms with Crippen LogP contribution in [0, 0.1) is 11.7 Å². The maximum absolute atomic E-state index is 14.2. The highest BCUT2D eigenvalue weighted by atomic mass is 19.1. The van der Waals surface area contributed by atoms with E-state index >= 15 is 0 Å². The van der Waals surface area contributed by atoms with Gasteiger partial charge in [-0.25, -0.2) is 4.39 Å². The minimum atomic E-state index is -0.441. The Bertz CT molecular complexity index is 900. The average Bonchev–Trinajstić information content (AvgIpc) is 3.37. The molecule has 2 aliphatic rings. The van der Waals surface area contributed by atoms with Gasteiger partial charge < -0.3 is 26.0 Å². The lowest BCUT2D eigenvalue weighted by molar-refractivity contribution is 0.373. The highest BCUT2D eigenvalue weighted by Gasteiger charge is 2.24. The van der Waals surface area contributed by atoms with Crippen molar-refractivity contribution in [3.05, 3.63) is 24.0 Å². The second-order valence-electron chi connectivity index (χ2n) is 9.03. The molecule has 33 heavy (non-hydrogen) atoms. The van der Waals surface area contributed by atoms with E-state index < -0.39 is 5.82 Å². The van der Waals surface area contributed by atoms with Crippen LogP contribution < -0.4 is 26.0 Å². The molecular weight excluding hydrogens is 421 g/mol. The number of halogens is 1. The molecule has 2 atom stereocenters. The fraction of sp³-hybridized carbons (Fsp3) is 0.625. The smallest absolute Gasteiger partial charge is 0.233 e. The number of methoxy groups -OCH3 is 1. The second-order valence-corrected chi connectivity index (χ2v) is 9.03. The number of hydrogen-bond acceptors (Lipinski definition) is 8. The Hall–Kier alpha value is -2.68. The molecule has 4 N–H and O–H groups in total. The second kappa shape index (κ2) is 11.4. The summed E-state index contributed by atoms with van der Waals surface area (Å²) in [5.74, 6) is 1.83. The van der Waals surface area contributed by atoms with Crippen molar-refractivity contribution in [2.24, 2.45) is 5.92 Å². The molecule has 1 saturated carbocycles. The average molecular weight is 458 g/mol. The van der Waals surface area contributed by atoms with Gasteiger partial charge in [-0.3, -0.25) is 0 Å². The van der Waals surface area contributed by atoms with E-state index in [-0.39, 0.29) is 11.8 Å². The quantitative estimate of drug-likeness (QED) is 0.408. The minimum Gasteiger partial charge on any atom is -0.494 e. The summed E-state index contributed by atoms with van der Waals surface area (Å²) in [5.41, 5.74) is 0.549. The van der Waals surface area contributed by atoms with Crippen LogP contribution in [-0.2, 0) is 0 Å². The summed E-state index contributed by atoms with van der Waals surface area (Å²) in [6, 6.07) is 5.33. The molecule has 8 nitrogen and oxygen atoms in total. The third-order valence-electron chi connectivity index (χ3n) is 6.66. The van der Waals surface area contributed by atoms with Crippen molar-refractivity contribution in [1.82, 2.24) is 20.3 Å². The molecular formula is C24H36FN7O. The Kier molecular flexibility index (Phi) is 8.15. The van der Waals surface area contributed by atoms with Gasteiger partial charge in [-0.1, -0.05) is 26.2 Å². The number of nitrogens with zero attached hydrogens (tertiary/aromatic N) is 3. The molecule has 0 amide bonds. The van der Waals surface area contributed by atoms with Crippen molar-refractivity contribution in [3.8, 4) is 5.75 Å². The van der Waals surface area contributed by atoms with E-state index in [9.17, 15) is 4.39 Å². The number of aromatic nitrogens is 3. The number of benzene rings is 1. The predicted molar refractivity (Wildman–Crippen MR) is 130 cm³/mol. The summed E-state index contributed by atoms with van der Waals surface area (Å²) in [7, 11) is 1.45. The lowest BCUT2D eigenvalue weighted by Gasteiger charge is -2.24. The summed E-state index contributed by atoms with van der Waals surface area (Å²) in [5, 5.41) is 13.6. The monoisotopic (exact) mass is 457 g/mol. The van der Waals surface area contributed by atoms with E-state index in [0.717, 1.165) is 25.9 Å². The van der Waals surface area contributed by atoms with Gasteiger partial charge in [0, 0.05) is 30.4 Å². The standard InChI is InChI=1S/C24H36FN7O/c1-3-19(20-10-7-13-26-20)29-24-31-22(27-15-16-8-5-4-6-9-16)30-23(32-24)28-17-11-12-21(33-2)18(25)14-17/h11-12,14,16,19-20,26H,3-10,13,15H2,1-2H3,(H3,27,28,29,30,31,32)/t19-,20?/m1/s1. The van der Waals surface area contributed by atoms with Gasteiger partial charge in [-0.2, -0.15) is 15.0 Å². The molecule has 1 saturated heterocycles. The van der Waals surface area contributed by atoms with Crippen molar-refractivity contribution in [3.63, 3.8) is 0 Å². The number of rotatable bonds is 10. The lowest BCUT2D eigenvalue weighted by atomic mass is 9.89. The Morgan fingerprint density at radius 3 is 2.55 bits per heavy atom. The first-order valence-electron chi connectivity index (χ1n) is 12.2. The highest BCUT2D eigenvalue weighted by molar-refractivity contribution is 5.57. The van der Waals surface area contributed by atoms with Crippen molar-refractivity contribution in [2.45, 2.75) is 70.4 Å². The van der Waals surface area contributed by atoms with E-state index in [1.165, 1.54) is 51.7 Å². The Balaban J connectivity index is 1.52. The van der Waals surface area contributed by atoms with Crippen LogP contribution in [-0.4, -0.2) is 47.2 Å². The summed E-state index contributed by atoms with van der Waals surface area (Å²) in [6.07, 6.45) is 9.67. The van der Waals surface area contributed by atoms with Gasteiger partial charge >= 0.3 is 0 Å². The maximum Gasteiger partial charge on any atom is 0.233 e. The van der Waals surface area contributed by atoms with Crippen LogP contribution >= 0.6 is 0 Å². The van der Waals surface area contributed by atoms with Crippen LogP contribution in [0.5, 0.6) is 5.75 Å². The van der Waals surface area contributed by atoms with Crippen LogP contribution in [0.2, 0.25) is 0 Å². The summed E-state index contributed by atoms with van der Waals surface area (Å²) in [6.45, 7) is 4.06. The molecule has 1 aliphatic carbocycles. The molecule has 1 aromatic carbocycles. The third-order valence-corrected chi connectivity index (χ3v) is 6.66. The summed E-state index contributed by atoms with van der Waals surface area (Å²) < 4.78 is 19.2. The Labute approximate surface area is 195 Å². The van der Waals surface area contributed by atoms with E-state index in [1.54, 1.807) is 12.1 Å². The van der Waals surface area contributed by atoms with Crippen molar-refractivity contribution >= 4 is 23.5 Å². The van der Waals surface area contributed by atoms with E-state index in [1.807, 2.05) is 0 Å². The van der Waals surface area contributed by atoms with Gasteiger partial charge in [0.15, 0.2) is 11.6 Å². The fourth-order valence-corrected chi connectivity index (χ4v) is 4.78.